The average molecular weight is 242 g/mol. The molecule has 0 amide bonds. The Bertz CT molecular complexity index is 210. The molecule has 0 bridgehead atoms. The second-order valence-corrected chi connectivity index (χ2v) is 5.52. The van der Waals surface area contributed by atoms with Gasteiger partial charge < -0.3 is 10.1 Å². The van der Waals surface area contributed by atoms with Crippen molar-refractivity contribution < 1.29 is 4.74 Å². The molecular formula is C14H30N2O. The SMILES string of the molecule is CCCNC(C)C(C)N1CCC(C)C(OC)C1. The van der Waals surface area contributed by atoms with Gasteiger partial charge >= 0.3 is 0 Å². The van der Waals surface area contributed by atoms with E-state index in [1.165, 1.54) is 19.4 Å². The van der Waals surface area contributed by atoms with Crippen LogP contribution < -0.4 is 5.32 Å². The second kappa shape index (κ2) is 7.34. The highest BCUT2D eigenvalue weighted by atomic mass is 16.5. The van der Waals surface area contributed by atoms with Crippen molar-refractivity contribution in [3.8, 4) is 0 Å². The van der Waals surface area contributed by atoms with E-state index in [2.05, 4.69) is 37.9 Å². The molecule has 4 atom stereocenters. The minimum Gasteiger partial charge on any atom is -0.380 e. The van der Waals surface area contributed by atoms with Gasteiger partial charge in [-0.05, 0) is 45.7 Å². The Balaban J connectivity index is 2.43. The van der Waals surface area contributed by atoms with Crippen molar-refractivity contribution in [1.82, 2.24) is 10.2 Å². The maximum atomic E-state index is 5.58. The van der Waals surface area contributed by atoms with Gasteiger partial charge in [-0.2, -0.15) is 0 Å². The van der Waals surface area contributed by atoms with Crippen LogP contribution in [0.4, 0.5) is 0 Å². The lowest BCUT2D eigenvalue weighted by Crippen LogP contribution is -2.53. The predicted octanol–water partition coefficient (Wildman–Crippen LogP) is 2.12. The molecule has 1 heterocycles. The van der Waals surface area contributed by atoms with E-state index >= 15 is 0 Å². The summed E-state index contributed by atoms with van der Waals surface area (Å²) in [5.41, 5.74) is 0. The van der Waals surface area contributed by atoms with Crippen molar-refractivity contribution in [2.45, 2.75) is 58.7 Å². The molecule has 0 saturated carbocycles. The van der Waals surface area contributed by atoms with Crippen molar-refractivity contribution in [2.75, 3.05) is 26.7 Å². The third kappa shape index (κ3) is 4.23. The zero-order valence-electron chi connectivity index (χ0n) is 12.2. The third-order valence-electron chi connectivity index (χ3n) is 4.24. The van der Waals surface area contributed by atoms with Crippen LogP contribution in [0.3, 0.4) is 0 Å². The molecule has 1 saturated heterocycles. The van der Waals surface area contributed by atoms with Gasteiger partial charge in [0.2, 0.25) is 0 Å². The van der Waals surface area contributed by atoms with E-state index < -0.39 is 0 Å². The first-order chi connectivity index (χ1) is 8.10. The molecule has 0 aromatic rings. The normalized spacial score (nSPS) is 30.2. The van der Waals surface area contributed by atoms with E-state index in [0.717, 1.165) is 13.1 Å². The first-order valence-corrected chi connectivity index (χ1v) is 7.10. The van der Waals surface area contributed by atoms with Crippen molar-refractivity contribution in [3.63, 3.8) is 0 Å². The molecular weight excluding hydrogens is 212 g/mol. The van der Waals surface area contributed by atoms with Gasteiger partial charge in [-0.25, -0.2) is 0 Å². The smallest absolute Gasteiger partial charge is 0.0724 e. The zero-order valence-corrected chi connectivity index (χ0v) is 12.2. The summed E-state index contributed by atoms with van der Waals surface area (Å²) in [6.45, 7) is 12.5. The summed E-state index contributed by atoms with van der Waals surface area (Å²) in [5.74, 6) is 0.697. The zero-order chi connectivity index (χ0) is 12.8. The summed E-state index contributed by atoms with van der Waals surface area (Å²) in [5, 5.41) is 3.59. The molecule has 0 spiro atoms. The fourth-order valence-electron chi connectivity index (χ4n) is 2.59. The fraction of sp³-hybridized carbons (Fsp3) is 1.00. The number of piperidine rings is 1. The standard InChI is InChI=1S/C14H30N2O/c1-6-8-15-12(3)13(4)16-9-7-11(2)14(10-16)17-5/h11-15H,6-10H2,1-5H3. The van der Waals surface area contributed by atoms with Gasteiger partial charge in [0.05, 0.1) is 6.10 Å². The molecule has 102 valence electrons. The number of likely N-dealkylation sites (tertiary alicyclic amines) is 1. The monoisotopic (exact) mass is 242 g/mol. The maximum Gasteiger partial charge on any atom is 0.0724 e. The number of nitrogens with one attached hydrogen (secondary N) is 1. The molecule has 0 aliphatic carbocycles. The van der Waals surface area contributed by atoms with Crippen molar-refractivity contribution in [2.24, 2.45) is 5.92 Å². The highest BCUT2D eigenvalue weighted by molar-refractivity contribution is 4.85. The molecule has 3 heteroatoms. The summed E-state index contributed by atoms with van der Waals surface area (Å²) >= 11 is 0. The van der Waals surface area contributed by atoms with Crippen LogP contribution >= 0.6 is 0 Å². The molecule has 1 rings (SSSR count). The number of nitrogens with zero attached hydrogens (tertiary/aromatic N) is 1. The Labute approximate surface area is 107 Å². The lowest BCUT2D eigenvalue weighted by molar-refractivity contribution is -0.0207. The van der Waals surface area contributed by atoms with Crippen LogP contribution in [0, 0.1) is 5.92 Å². The molecule has 1 N–H and O–H groups in total. The Morgan fingerprint density at radius 2 is 2.12 bits per heavy atom. The second-order valence-electron chi connectivity index (χ2n) is 5.52. The Morgan fingerprint density at radius 1 is 1.41 bits per heavy atom. The number of hydrogen-bond donors (Lipinski definition) is 1. The van der Waals surface area contributed by atoms with Crippen LogP contribution in [0.5, 0.6) is 0 Å². The lowest BCUT2D eigenvalue weighted by atomic mass is 9.94. The Morgan fingerprint density at radius 3 is 2.71 bits per heavy atom. The Hall–Kier alpha value is -0.120. The largest absolute Gasteiger partial charge is 0.380 e. The molecule has 4 unspecified atom stereocenters. The van der Waals surface area contributed by atoms with Crippen molar-refractivity contribution in [1.29, 1.82) is 0 Å². The van der Waals surface area contributed by atoms with Gasteiger partial charge in [-0.3, -0.25) is 4.90 Å². The minimum atomic E-state index is 0.407. The summed E-state index contributed by atoms with van der Waals surface area (Å²) in [4.78, 5) is 2.57. The first kappa shape index (κ1) is 14.9. The third-order valence-corrected chi connectivity index (χ3v) is 4.24. The topological polar surface area (TPSA) is 24.5 Å². The van der Waals surface area contributed by atoms with Crippen LogP contribution in [0.15, 0.2) is 0 Å². The quantitative estimate of drug-likeness (QED) is 0.772. The van der Waals surface area contributed by atoms with Crippen molar-refractivity contribution in [3.05, 3.63) is 0 Å². The van der Waals surface area contributed by atoms with E-state index in [-0.39, 0.29) is 0 Å². The van der Waals surface area contributed by atoms with E-state index in [4.69, 9.17) is 4.74 Å². The number of hydrogen-bond acceptors (Lipinski definition) is 3. The molecule has 1 fully saturated rings. The highest BCUT2D eigenvalue weighted by Gasteiger charge is 2.30. The van der Waals surface area contributed by atoms with E-state index in [0.29, 0.717) is 24.1 Å². The van der Waals surface area contributed by atoms with Crippen LogP contribution in [0.25, 0.3) is 0 Å². The van der Waals surface area contributed by atoms with Crippen LogP contribution in [-0.2, 0) is 4.74 Å². The van der Waals surface area contributed by atoms with Gasteiger partial charge in [-0.1, -0.05) is 13.8 Å². The van der Waals surface area contributed by atoms with Crippen LogP contribution in [0.1, 0.15) is 40.5 Å². The number of rotatable bonds is 6. The van der Waals surface area contributed by atoms with E-state index in [1.54, 1.807) is 0 Å². The lowest BCUT2D eigenvalue weighted by Gasteiger charge is -2.41. The summed E-state index contributed by atoms with van der Waals surface area (Å²) in [6.07, 6.45) is 2.86. The molecule has 0 aromatic heterocycles. The van der Waals surface area contributed by atoms with Gasteiger partial charge in [-0.15, -0.1) is 0 Å². The molecule has 3 nitrogen and oxygen atoms in total. The molecule has 0 aromatic carbocycles. The molecule has 1 aliphatic rings. The van der Waals surface area contributed by atoms with Crippen LogP contribution in [-0.4, -0.2) is 49.8 Å². The minimum absolute atomic E-state index is 0.407. The van der Waals surface area contributed by atoms with E-state index in [1.807, 2.05) is 7.11 Å². The predicted molar refractivity (Wildman–Crippen MR) is 73.4 cm³/mol. The maximum absolute atomic E-state index is 5.58. The highest BCUT2D eigenvalue weighted by Crippen LogP contribution is 2.21. The van der Waals surface area contributed by atoms with E-state index in [9.17, 15) is 0 Å². The number of methoxy groups -OCH3 is 1. The average Bonchev–Trinajstić information content (AvgIpc) is 2.35. The molecule has 1 aliphatic heterocycles. The fourth-order valence-corrected chi connectivity index (χ4v) is 2.59. The first-order valence-electron chi connectivity index (χ1n) is 7.10. The summed E-state index contributed by atoms with van der Waals surface area (Å²) < 4.78 is 5.58. The molecule has 0 radical (unpaired) electrons. The van der Waals surface area contributed by atoms with Gasteiger partial charge in [0, 0.05) is 25.7 Å². The Kier molecular flexibility index (Phi) is 6.45. The van der Waals surface area contributed by atoms with Gasteiger partial charge in [0.25, 0.3) is 0 Å². The molecule has 17 heavy (non-hydrogen) atoms. The van der Waals surface area contributed by atoms with Gasteiger partial charge in [0.15, 0.2) is 0 Å². The summed E-state index contributed by atoms with van der Waals surface area (Å²) in [6, 6.07) is 1.15. The van der Waals surface area contributed by atoms with Crippen molar-refractivity contribution >= 4 is 0 Å². The number of ether oxygens (including phenoxy) is 1. The van der Waals surface area contributed by atoms with Crippen LogP contribution in [0.2, 0.25) is 0 Å². The summed E-state index contributed by atoms with van der Waals surface area (Å²) in [7, 11) is 1.84. The van der Waals surface area contributed by atoms with Gasteiger partial charge in [0.1, 0.15) is 0 Å².